The Kier molecular flexibility index (Phi) is 3.66. The van der Waals surface area contributed by atoms with Crippen LogP contribution in [0, 0.1) is 16.0 Å². The average molecular weight is 287 g/mol. The predicted molar refractivity (Wildman–Crippen MR) is 80.4 cm³/mol. The molecule has 0 spiro atoms. The monoisotopic (exact) mass is 287 g/mol. The van der Waals surface area contributed by atoms with E-state index in [-0.39, 0.29) is 5.69 Å². The van der Waals surface area contributed by atoms with Gasteiger partial charge in [0.25, 0.3) is 5.69 Å². The fourth-order valence-electron chi connectivity index (χ4n) is 2.64. The fraction of sp³-hybridized carbons (Fsp3) is 0.429. The van der Waals surface area contributed by atoms with Crippen LogP contribution in [0.15, 0.2) is 24.4 Å². The molecule has 1 saturated heterocycles. The quantitative estimate of drug-likeness (QED) is 0.679. The van der Waals surface area contributed by atoms with Crippen LogP contribution in [0.4, 0.5) is 11.5 Å². The number of rotatable bonds is 4. The highest BCUT2D eigenvalue weighted by Crippen LogP contribution is 2.21. The molecule has 1 aromatic heterocycles. The van der Waals surface area contributed by atoms with E-state index in [0.717, 1.165) is 25.5 Å². The first-order valence-corrected chi connectivity index (χ1v) is 6.96. The fourth-order valence-corrected chi connectivity index (χ4v) is 2.64. The van der Waals surface area contributed by atoms with E-state index < -0.39 is 4.92 Å². The Hall–Kier alpha value is -2.28. The van der Waals surface area contributed by atoms with Crippen molar-refractivity contribution in [1.29, 1.82) is 0 Å². The molecule has 2 aromatic rings. The molecule has 0 unspecified atom stereocenters. The van der Waals surface area contributed by atoms with Crippen LogP contribution in [0.1, 0.15) is 6.42 Å². The summed E-state index contributed by atoms with van der Waals surface area (Å²) in [6, 6.07) is 4.56. The molecule has 1 aliphatic rings. The molecule has 0 amide bonds. The lowest BCUT2D eigenvalue weighted by atomic mass is 10.1. The van der Waals surface area contributed by atoms with E-state index in [0.29, 0.717) is 17.0 Å². The number of non-ortho nitro benzene ring substituents is 1. The van der Waals surface area contributed by atoms with Crippen molar-refractivity contribution in [1.82, 2.24) is 15.3 Å². The van der Waals surface area contributed by atoms with Gasteiger partial charge < -0.3 is 10.2 Å². The van der Waals surface area contributed by atoms with Gasteiger partial charge in [0.05, 0.1) is 22.2 Å². The minimum Gasteiger partial charge on any atom is -0.358 e. The number of benzene rings is 1. The first kappa shape index (κ1) is 13.7. The van der Waals surface area contributed by atoms with Crippen molar-refractivity contribution in [2.45, 2.75) is 6.42 Å². The number of nitro benzene ring substituents is 1. The summed E-state index contributed by atoms with van der Waals surface area (Å²) >= 11 is 0. The second kappa shape index (κ2) is 5.61. The summed E-state index contributed by atoms with van der Waals surface area (Å²) in [4.78, 5) is 21.3. The number of nitrogens with one attached hydrogen (secondary N) is 1. The standard InChI is InChI=1S/C14H17N5O2/c1-18(9-10-4-5-15-7-10)14-8-16-13-6-11(19(20)21)2-3-12(13)17-14/h2-3,6,8,10,15H,4-5,7,9H2,1H3/t10-/m0/s1. The highest BCUT2D eigenvalue weighted by Gasteiger charge is 2.17. The van der Waals surface area contributed by atoms with Gasteiger partial charge in [0.2, 0.25) is 0 Å². The Bertz CT molecular complexity index is 669. The van der Waals surface area contributed by atoms with E-state index in [1.807, 2.05) is 7.05 Å². The Labute approximate surface area is 122 Å². The molecular weight excluding hydrogens is 270 g/mol. The number of anilines is 1. The molecule has 1 fully saturated rings. The van der Waals surface area contributed by atoms with Crippen LogP contribution >= 0.6 is 0 Å². The zero-order valence-electron chi connectivity index (χ0n) is 11.8. The summed E-state index contributed by atoms with van der Waals surface area (Å²) < 4.78 is 0. The van der Waals surface area contributed by atoms with Gasteiger partial charge in [-0.05, 0) is 31.5 Å². The molecule has 1 atom stereocenters. The van der Waals surface area contributed by atoms with Gasteiger partial charge in [-0.1, -0.05) is 0 Å². The third-order valence-electron chi connectivity index (χ3n) is 3.81. The van der Waals surface area contributed by atoms with Crippen LogP contribution in [0.2, 0.25) is 0 Å². The van der Waals surface area contributed by atoms with Gasteiger partial charge in [0, 0.05) is 25.7 Å². The van der Waals surface area contributed by atoms with Gasteiger partial charge in [0.1, 0.15) is 5.82 Å². The van der Waals surface area contributed by atoms with Crippen molar-refractivity contribution < 1.29 is 4.92 Å². The van der Waals surface area contributed by atoms with Crippen molar-refractivity contribution in [3.63, 3.8) is 0 Å². The summed E-state index contributed by atoms with van der Waals surface area (Å²) in [5, 5.41) is 14.1. The zero-order valence-corrected chi connectivity index (χ0v) is 11.8. The van der Waals surface area contributed by atoms with E-state index in [1.165, 1.54) is 18.6 Å². The molecule has 1 aliphatic heterocycles. The summed E-state index contributed by atoms with van der Waals surface area (Å²) in [7, 11) is 2.00. The largest absolute Gasteiger partial charge is 0.358 e. The van der Waals surface area contributed by atoms with E-state index in [4.69, 9.17) is 0 Å². The third-order valence-corrected chi connectivity index (χ3v) is 3.81. The van der Waals surface area contributed by atoms with E-state index in [2.05, 4.69) is 20.2 Å². The molecule has 3 rings (SSSR count). The maximum atomic E-state index is 10.8. The summed E-state index contributed by atoms with van der Waals surface area (Å²) in [5.74, 6) is 1.42. The van der Waals surface area contributed by atoms with E-state index >= 15 is 0 Å². The highest BCUT2D eigenvalue weighted by atomic mass is 16.6. The molecule has 2 heterocycles. The third kappa shape index (κ3) is 2.92. The number of aromatic nitrogens is 2. The van der Waals surface area contributed by atoms with Crippen molar-refractivity contribution in [3.8, 4) is 0 Å². The molecular formula is C14H17N5O2. The summed E-state index contributed by atoms with van der Waals surface area (Å²) in [5.41, 5.74) is 1.26. The van der Waals surface area contributed by atoms with E-state index in [1.54, 1.807) is 12.3 Å². The maximum Gasteiger partial charge on any atom is 0.271 e. The van der Waals surface area contributed by atoms with Crippen molar-refractivity contribution in [2.24, 2.45) is 5.92 Å². The van der Waals surface area contributed by atoms with Crippen LogP contribution in [0.25, 0.3) is 11.0 Å². The molecule has 0 radical (unpaired) electrons. The normalized spacial score (nSPS) is 18.0. The number of fused-ring (bicyclic) bond motifs is 1. The van der Waals surface area contributed by atoms with Gasteiger partial charge in [-0.3, -0.25) is 15.1 Å². The van der Waals surface area contributed by atoms with Crippen LogP contribution < -0.4 is 10.2 Å². The smallest absolute Gasteiger partial charge is 0.271 e. The lowest BCUT2D eigenvalue weighted by Gasteiger charge is -2.21. The maximum absolute atomic E-state index is 10.8. The second-order valence-electron chi connectivity index (χ2n) is 5.40. The van der Waals surface area contributed by atoms with E-state index in [9.17, 15) is 10.1 Å². The zero-order chi connectivity index (χ0) is 14.8. The summed E-state index contributed by atoms with van der Waals surface area (Å²) in [6.45, 7) is 3.04. The van der Waals surface area contributed by atoms with Gasteiger partial charge in [-0.2, -0.15) is 0 Å². The van der Waals surface area contributed by atoms with Crippen LogP contribution in [0.5, 0.6) is 0 Å². The number of hydrogen-bond acceptors (Lipinski definition) is 6. The molecule has 0 bridgehead atoms. The van der Waals surface area contributed by atoms with Crippen LogP contribution in [-0.2, 0) is 0 Å². The molecule has 1 aromatic carbocycles. The second-order valence-corrected chi connectivity index (χ2v) is 5.40. The van der Waals surface area contributed by atoms with Crippen LogP contribution in [-0.4, -0.2) is 41.6 Å². The predicted octanol–water partition coefficient (Wildman–Crippen LogP) is 1.58. The highest BCUT2D eigenvalue weighted by molar-refractivity contribution is 5.78. The molecule has 1 N–H and O–H groups in total. The van der Waals surface area contributed by atoms with Crippen molar-refractivity contribution >= 4 is 22.5 Å². The Morgan fingerprint density at radius 1 is 1.48 bits per heavy atom. The van der Waals surface area contributed by atoms with Crippen molar-refractivity contribution in [2.75, 3.05) is 31.6 Å². The van der Waals surface area contributed by atoms with Gasteiger partial charge in [-0.25, -0.2) is 4.98 Å². The molecule has 0 saturated carbocycles. The van der Waals surface area contributed by atoms with Crippen molar-refractivity contribution in [3.05, 3.63) is 34.5 Å². The average Bonchev–Trinajstić information content (AvgIpc) is 2.99. The molecule has 7 heteroatoms. The first-order valence-electron chi connectivity index (χ1n) is 6.96. The Morgan fingerprint density at radius 2 is 2.33 bits per heavy atom. The summed E-state index contributed by atoms with van der Waals surface area (Å²) in [6.07, 6.45) is 2.85. The number of hydrogen-bond donors (Lipinski definition) is 1. The number of nitro groups is 1. The lowest BCUT2D eigenvalue weighted by molar-refractivity contribution is -0.384. The minimum atomic E-state index is -0.422. The topological polar surface area (TPSA) is 84.2 Å². The van der Waals surface area contributed by atoms with Gasteiger partial charge in [0.15, 0.2) is 0 Å². The lowest BCUT2D eigenvalue weighted by Crippen LogP contribution is -2.27. The first-order chi connectivity index (χ1) is 10.1. The Balaban J connectivity index is 1.83. The number of nitrogens with zero attached hydrogens (tertiary/aromatic N) is 4. The SMILES string of the molecule is CN(C[C@H]1CCNC1)c1cnc2cc([N+](=O)[O-])ccc2n1. The van der Waals surface area contributed by atoms with Gasteiger partial charge in [-0.15, -0.1) is 0 Å². The molecule has 21 heavy (non-hydrogen) atoms. The molecule has 7 nitrogen and oxygen atoms in total. The Morgan fingerprint density at radius 3 is 3.05 bits per heavy atom. The molecule has 0 aliphatic carbocycles. The minimum absolute atomic E-state index is 0.0370. The molecule has 110 valence electrons. The van der Waals surface area contributed by atoms with Crippen LogP contribution in [0.3, 0.4) is 0 Å². The van der Waals surface area contributed by atoms with Gasteiger partial charge >= 0.3 is 0 Å².